The molecule has 28 heavy (non-hydrogen) atoms. The van der Waals surface area contributed by atoms with E-state index in [0.29, 0.717) is 29.3 Å². The van der Waals surface area contributed by atoms with Gasteiger partial charge in [-0.2, -0.15) is 0 Å². The highest BCUT2D eigenvalue weighted by molar-refractivity contribution is 14.1. The average molecular weight is 540 g/mol. The first-order valence-corrected chi connectivity index (χ1v) is 9.39. The molecule has 4 rings (SSSR count). The molecule has 0 aliphatic heterocycles. The van der Waals surface area contributed by atoms with Crippen LogP contribution in [0.2, 0.25) is 10.3 Å². The number of halogens is 5. The van der Waals surface area contributed by atoms with Crippen molar-refractivity contribution in [2.45, 2.75) is 6.92 Å². The second-order valence-electron chi connectivity index (χ2n) is 5.17. The molecule has 0 aromatic carbocycles. The Balaban J connectivity index is 0.000000169. The topological polar surface area (TPSA) is 64.1 Å². The monoisotopic (exact) mass is 539 g/mol. The lowest BCUT2D eigenvalue weighted by atomic mass is 10.4. The van der Waals surface area contributed by atoms with Gasteiger partial charge in [-0.25, -0.2) is 18.7 Å². The maximum absolute atomic E-state index is 12.7. The Labute approximate surface area is 183 Å². The van der Waals surface area contributed by atoms with Crippen LogP contribution < -0.4 is 0 Å². The summed E-state index contributed by atoms with van der Waals surface area (Å²) in [6, 6.07) is 5.89. The maximum Gasteiger partial charge on any atom is 0.484 e. The van der Waals surface area contributed by atoms with Crippen molar-refractivity contribution in [3.8, 4) is 0 Å². The highest BCUT2D eigenvalue weighted by Gasteiger charge is 2.07. The molecule has 0 amide bonds. The van der Waals surface area contributed by atoms with Crippen LogP contribution in [0, 0.1) is 22.3 Å². The lowest BCUT2D eigenvalue weighted by molar-refractivity contribution is 0.360. The maximum atomic E-state index is 12.7. The van der Waals surface area contributed by atoms with Gasteiger partial charge in [-0.15, -0.1) is 0 Å². The zero-order chi connectivity index (χ0) is 20.8. The van der Waals surface area contributed by atoms with E-state index in [4.69, 9.17) is 28.2 Å². The van der Waals surface area contributed by atoms with E-state index < -0.39 is 0 Å². The molecule has 4 aromatic rings. The molecule has 0 unspecified atom stereocenters. The van der Waals surface area contributed by atoms with Crippen LogP contribution in [-0.2, 0) is 4.65 Å². The first-order chi connectivity index (χ1) is 13.3. The highest BCUT2D eigenvalue weighted by atomic mass is 127. The zero-order valence-corrected chi connectivity index (χ0v) is 18.2. The first kappa shape index (κ1) is 22.8. The summed E-state index contributed by atoms with van der Waals surface area (Å²) in [7, 11) is 2.00. The highest BCUT2D eigenvalue weighted by Crippen LogP contribution is 2.19. The number of imidazole rings is 2. The van der Waals surface area contributed by atoms with E-state index in [1.807, 2.05) is 22.6 Å². The van der Waals surface area contributed by atoms with Gasteiger partial charge in [0.1, 0.15) is 26.6 Å². The standard InChI is InChI=1S/C8H6ClFN2.C7H3ClFIN2.CH4BO2/c1-5-8(9)11-7-3-2-6(10)4-12(5)7;8-6-7(10)12-3-4(9)1-2-5(12)11-6;1-4-2-3/h2-4H,1H3;1-3H;3H,1H3. The lowest BCUT2D eigenvalue weighted by Crippen LogP contribution is -1.87. The fourth-order valence-corrected chi connectivity index (χ4v) is 2.93. The van der Waals surface area contributed by atoms with Crippen LogP contribution in [-0.4, -0.2) is 38.6 Å². The Morgan fingerprint density at radius 3 is 2.00 bits per heavy atom. The Hall–Kier alpha value is -1.47. The summed E-state index contributed by atoms with van der Waals surface area (Å²) in [5.74, 6) is -0.589. The normalized spacial score (nSPS) is 10.3. The van der Waals surface area contributed by atoms with Crippen LogP contribution >= 0.6 is 45.8 Å². The molecule has 1 radical (unpaired) electrons. The van der Waals surface area contributed by atoms with Crippen molar-refractivity contribution >= 4 is 64.8 Å². The Kier molecular flexibility index (Phi) is 8.44. The zero-order valence-electron chi connectivity index (χ0n) is 14.6. The number of aryl methyl sites for hydroxylation is 1. The van der Waals surface area contributed by atoms with E-state index in [1.54, 1.807) is 27.9 Å². The molecule has 0 atom stereocenters. The summed E-state index contributed by atoms with van der Waals surface area (Å²) in [6.07, 6.45) is 2.72. The van der Waals surface area contributed by atoms with Crippen molar-refractivity contribution in [1.82, 2.24) is 18.8 Å². The molecule has 0 saturated heterocycles. The third kappa shape index (κ3) is 5.54. The lowest BCUT2D eigenvalue weighted by Gasteiger charge is -1.94. The van der Waals surface area contributed by atoms with Gasteiger partial charge in [0.15, 0.2) is 10.3 Å². The Morgan fingerprint density at radius 1 is 1.00 bits per heavy atom. The van der Waals surface area contributed by atoms with E-state index in [-0.39, 0.29) is 11.6 Å². The van der Waals surface area contributed by atoms with E-state index in [1.165, 1.54) is 31.6 Å². The largest absolute Gasteiger partial charge is 0.484 e. The quantitative estimate of drug-likeness (QED) is 0.289. The number of hydrogen-bond acceptors (Lipinski definition) is 4. The van der Waals surface area contributed by atoms with Gasteiger partial charge in [-0.1, -0.05) is 23.2 Å². The first-order valence-electron chi connectivity index (χ1n) is 7.55. The van der Waals surface area contributed by atoms with E-state index in [0.717, 1.165) is 9.39 Å². The minimum absolute atomic E-state index is 0.292. The fraction of sp³-hybridized carbons (Fsp3) is 0.125. The predicted octanol–water partition coefficient (Wildman–Crippen LogP) is 4.33. The fourth-order valence-electron chi connectivity index (χ4n) is 2.07. The van der Waals surface area contributed by atoms with E-state index in [9.17, 15) is 8.78 Å². The Bertz CT molecular complexity index is 1010. The molecule has 12 heteroatoms. The summed E-state index contributed by atoms with van der Waals surface area (Å²) in [5, 5.41) is 8.35. The third-order valence-electron chi connectivity index (χ3n) is 3.35. The molecule has 1 N–H and O–H groups in total. The molecule has 147 valence electrons. The van der Waals surface area contributed by atoms with Crippen molar-refractivity contribution in [3.05, 3.63) is 68.0 Å². The second-order valence-corrected chi connectivity index (χ2v) is 6.91. The number of aromatic nitrogens is 4. The number of rotatable bonds is 1. The minimum atomic E-state index is -0.297. The molecule has 6 nitrogen and oxygen atoms in total. The average Bonchev–Trinajstić information content (AvgIpc) is 3.12. The van der Waals surface area contributed by atoms with Crippen LogP contribution in [0.4, 0.5) is 8.78 Å². The molecule has 0 saturated carbocycles. The summed E-state index contributed by atoms with van der Waals surface area (Å²) in [4.78, 5) is 8.02. The van der Waals surface area contributed by atoms with Crippen molar-refractivity contribution in [3.63, 3.8) is 0 Å². The van der Waals surface area contributed by atoms with Crippen molar-refractivity contribution in [2.75, 3.05) is 7.11 Å². The van der Waals surface area contributed by atoms with Gasteiger partial charge >= 0.3 is 7.69 Å². The molecule has 0 aliphatic rings. The molecule has 0 spiro atoms. The summed E-state index contributed by atoms with van der Waals surface area (Å²) in [5.41, 5.74) is 2.08. The third-order valence-corrected chi connectivity index (χ3v) is 5.33. The van der Waals surface area contributed by atoms with Crippen LogP contribution in [0.1, 0.15) is 5.69 Å². The van der Waals surface area contributed by atoms with E-state index >= 15 is 0 Å². The van der Waals surface area contributed by atoms with Gasteiger partial charge in [-0.05, 0) is 53.8 Å². The molecule has 0 aliphatic carbocycles. The van der Waals surface area contributed by atoms with Gasteiger partial charge in [0.2, 0.25) is 0 Å². The van der Waals surface area contributed by atoms with Gasteiger partial charge in [0.25, 0.3) is 0 Å². The van der Waals surface area contributed by atoms with Crippen molar-refractivity contribution in [2.24, 2.45) is 0 Å². The molecular weight excluding hydrogens is 527 g/mol. The van der Waals surface area contributed by atoms with Gasteiger partial charge < -0.3 is 9.68 Å². The SMILES string of the molecule is CO[B]O.Cc1c(Cl)nc2ccc(F)cn12.Fc1ccc2nc(Cl)c(I)n2c1. The van der Waals surface area contributed by atoms with Crippen LogP contribution in [0.5, 0.6) is 0 Å². The van der Waals surface area contributed by atoms with Crippen molar-refractivity contribution < 1.29 is 18.5 Å². The Morgan fingerprint density at radius 2 is 1.46 bits per heavy atom. The van der Waals surface area contributed by atoms with Gasteiger partial charge in [0.05, 0.1) is 5.69 Å². The summed E-state index contributed by atoms with van der Waals surface area (Å²) in [6.45, 7) is 1.79. The number of pyridine rings is 2. The second kappa shape index (κ2) is 10.4. The number of fused-ring (bicyclic) bond motifs is 2. The summed E-state index contributed by atoms with van der Waals surface area (Å²) < 4.78 is 33.4. The molecular formula is C16H13BCl2F2IN4O2. The number of nitrogens with zero attached hydrogens (tertiary/aromatic N) is 4. The minimum Gasteiger partial charge on any atom is -0.429 e. The van der Waals surface area contributed by atoms with Gasteiger partial charge in [0, 0.05) is 19.5 Å². The van der Waals surface area contributed by atoms with Crippen LogP contribution in [0.25, 0.3) is 11.3 Å². The van der Waals surface area contributed by atoms with Crippen molar-refractivity contribution in [1.29, 1.82) is 0 Å². The van der Waals surface area contributed by atoms with E-state index in [2.05, 4.69) is 14.6 Å². The molecule has 0 bridgehead atoms. The molecule has 0 fully saturated rings. The molecule has 4 heterocycles. The molecule has 4 aromatic heterocycles. The number of hydrogen-bond donors (Lipinski definition) is 1. The van der Waals surface area contributed by atoms with Crippen LogP contribution in [0.3, 0.4) is 0 Å². The summed E-state index contributed by atoms with van der Waals surface area (Å²) >= 11 is 13.5. The van der Waals surface area contributed by atoms with Crippen LogP contribution in [0.15, 0.2) is 36.7 Å². The van der Waals surface area contributed by atoms with Gasteiger partial charge in [-0.3, -0.25) is 8.80 Å². The predicted molar refractivity (Wildman–Crippen MR) is 113 cm³/mol. The smallest absolute Gasteiger partial charge is 0.429 e.